The van der Waals surface area contributed by atoms with E-state index in [0.717, 1.165) is 24.8 Å². The molecule has 0 radical (unpaired) electrons. The highest BCUT2D eigenvalue weighted by Gasteiger charge is 2.48. The lowest BCUT2D eigenvalue weighted by molar-refractivity contribution is -0.139. The number of nitrogens with one attached hydrogen (secondary N) is 2. The average molecular weight is 653 g/mol. The smallest absolute Gasteiger partial charge is 0.408 e. The van der Waals surface area contributed by atoms with Gasteiger partial charge in [0.2, 0.25) is 21.8 Å². The first kappa shape index (κ1) is 33.8. The third kappa shape index (κ3) is 7.35. The van der Waals surface area contributed by atoms with Gasteiger partial charge in [0.25, 0.3) is 0 Å². The molecule has 2 atom stereocenters. The van der Waals surface area contributed by atoms with Gasteiger partial charge in [-0.2, -0.15) is 0 Å². The summed E-state index contributed by atoms with van der Waals surface area (Å²) in [6.07, 6.45) is 4.90. The maximum atomic E-state index is 14.3. The number of fused-ring (bicyclic) bond motifs is 3. The topological polar surface area (TPSA) is 125 Å². The molecule has 2 aromatic rings. The molecule has 10 nitrogen and oxygen atoms in total. The number of hydrogen-bond donors (Lipinski definition) is 2. The van der Waals surface area contributed by atoms with E-state index in [4.69, 9.17) is 4.74 Å². The van der Waals surface area contributed by atoms with Crippen LogP contribution in [0.5, 0.6) is 0 Å². The van der Waals surface area contributed by atoms with Crippen LogP contribution in [-0.4, -0.2) is 74.3 Å². The lowest BCUT2D eigenvalue weighted by Gasteiger charge is -2.41. The lowest BCUT2D eigenvalue weighted by atomic mass is 9.74. The van der Waals surface area contributed by atoms with E-state index in [0.29, 0.717) is 44.6 Å². The number of para-hydroxylation sites is 1. The number of benzene rings is 2. The molecule has 2 unspecified atom stereocenters. The molecule has 2 N–H and O–H groups in total. The minimum Gasteiger partial charge on any atom is -0.444 e. The van der Waals surface area contributed by atoms with Crippen LogP contribution in [0.15, 0.2) is 48.5 Å². The lowest BCUT2D eigenvalue weighted by Crippen LogP contribution is -2.60. The standard InChI is InChI=1S/C35H48N4O6S/c1-33(2,3)45-32(42)37-34(4,5)31(41)36-28(22-24-15-16-25-11-7-8-12-26(25)21-24)30(40)38-19-17-35(18-20-38)23-39(46(6,43)44)29-14-10-9-13-27(29)35/h7-14,24,28H,15-23H2,1-6H3,(H,36,41)(H,37,42). The van der Waals surface area contributed by atoms with Gasteiger partial charge in [-0.3, -0.25) is 13.9 Å². The van der Waals surface area contributed by atoms with Crippen molar-refractivity contribution in [2.45, 2.75) is 95.7 Å². The third-order valence-corrected chi connectivity index (χ3v) is 10.8. The van der Waals surface area contributed by atoms with Crippen molar-refractivity contribution in [3.8, 4) is 0 Å². The van der Waals surface area contributed by atoms with E-state index >= 15 is 0 Å². The molecule has 1 fully saturated rings. The van der Waals surface area contributed by atoms with Gasteiger partial charge in [-0.15, -0.1) is 0 Å². The summed E-state index contributed by atoms with van der Waals surface area (Å²) in [6, 6.07) is 15.2. The fraction of sp³-hybridized carbons (Fsp3) is 0.571. The first-order valence-electron chi connectivity index (χ1n) is 16.2. The Morgan fingerprint density at radius 2 is 1.61 bits per heavy atom. The van der Waals surface area contributed by atoms with Crippen molar-refractivity contribution in [3.05, 3.63) is 65.2 Å². The van der Waals surface area contributed by atoms with E-state index in [1.165, 1.54) is 21.7 Å². The van der Waals surface area contributed by atoms with Crippen molar-refractivity contribution in [1.29, 1.82) is 0 Å². The molecule has 3 aliphatic rings. The molecular formula is C35H48N4O6S. The summed E-state index contributed by atoms with van der Waals surface area (Å²) in [7, 11) is -3.45. The first-order chi connectivity index (χ1) is 21.5. The Morgan fingerprint density at radius 1 is 0.978 bits per heavy atom. The average Bonchev–Trinajstić information content (AvgIpc) is 3.30. The summed E-state index contributed by atoms with van der Waals surface area (Å²) in [5, 5.41) is 5.67. The molecule has 5 rings (SSSR count). The van der Waals surface area contributed by atoms with Crippen molar-refractivity contribution in [2.75, 3.05) is 30.2 Å². The van der Waals surface area contributed by atoms with Crippen LogP contribution in [0.4, 0.5) is 10.5 Å². The summed E-state index contributed by atoms with van der Waals surface area (Å²) < 4.78 is 32.2. The highest BCUT2D eigenvalue weighted by atomic mass is 32.2. The van der Waals surface area contributed by atoms with Gasteiger partial charge < -0.3 is 20.3 Å². The second-order valence-corrected chi connectivity index (χ2v) is 16.7. The molecule has 0 saturated carbocycles. The zero-order valence-corrected chi connectivity index (χ0v) is 28.7. The van der Waals surface area contributed by atoms with E-state index in [1.807, 2.05) is 41.3 Å². The molecule has 0 bridgehead atoms. The zero-order chi connectivity index (χ0) is 33.5. The Morgan fingerprint density at radius 3 is 2.26 bits per heavy atom. The molecule has 2 aromatic carbocycles. The Balaban J connectivity index is 1.33. The number of aryl methyl sites for hydroxylation is 1. The van der Waals surface area contributed by atoms with Crippen molar-refractivity contribution >= 4 is 33.6 Å². The van der Waals surface area contributed by atoms with E-state index in [2.05, 4.69) is 22.8 Å². The molecule has 2 aliphatic heterocycles. The number of sulfonamides is 1. The molecular weight excluding hydrogens is 604 g/mol. The molecule has 46 heavy (non-hydrogen) atoms. The first-order valence-corrected chi connectivity index (χ1v) is 18.1. The minimum atomic E-state index is -3.45. The predicted octanol–water partition coefficient (Wildman–Crippen LogP) is 4.31. The summed E-state index contributed by atoms with van der Waals surface area (Å²) >= 11 is 0. The van der Waals surface area contributed by atoms with Crippen LogP contribution in [-0.2, 0) is 42.6 Å². The van der Waals surface area contributed by atoms with E-state index in [-0.39, 0.29) is 17.2 Å². The van der Waals surface area contributed by atoms with Crippen LogP contribution in [0, 0.1) is 5.92 Å². The Hall–Kier alpha value is -3.60. The van der Waals surface area contributed by atoms with Crippen molar-refractivity contribution < 1.29 is 27.5 Å². The Labute approximate surface area is 273 Å². The van der Waals surface area contributed by atoms with Gasteiger partial charge in [0.15, 0.2) is 0 Å². The van der Waals surface area contributed by atoms with Crippen molar-refractivity contribution in [1.82, 2.24) is 15.5 Å². The molecule has 2 heterocycles. The number of nitrogens with zero attached hydrogens (tertiary/aromatic N) is 2. The number of carbonyl (C=O) groups excluding carboxylic acids is 3. The van der Waals surface area contributed by atoms with Gasteiger partial charge in [-0.25, -0.2) is 13.2 Å². The molecule has 11 heteroatoms. The van der Waals surface area contributed by atoms with Crippen LogP contribution in [0.25, 0.3) is 0 Å². The van der Waals surface area contributed by atoms with Gasteiger partial charge in [-0.1, -0.05) is 42.5 Å². The van der Waals surface area contributed by atoms with E-state index < -0.39 is 39.2 Å². The normalized spacial score (nSPS) is 20.0. The number of carbonyl (C=O) groups is 3. The third-order valence-electron chi connectivity index (χ3n) is 9.63. The summed E-state index contributed by atoms with van der Waals surface area (Å²) in [5.74, 6) is -0.413. The van der Waals surface area contributed by atoms with Gasteiger partial charge >= 0.3 is 6.09 Å². The summed E-state index contributed by atoms with van der Waals surface area (Å²) in [5.41, 5.74) is 1.90. The summed E-state index contributed by atoms with van der Waals surface area (Å²) in [6.45, 7) is 9.71. The molecule has 1 saturated heterocycles. The highest BCUT2D eigenvalue weighted by molar-refractivity contribution is 7.92. The number of ether oxygens (including phenoxy) is 1. The van der Waals surface area contributed by atoms with E-state index in [1.54, 1.807) is 34.6 Å². The second kappa shape index (κ2) is 12.5. The van der Waals surface area contributed by atoms with Crippen molar-refractivity contribution in [3.63, 3.8) is 0 Å². The second-order valence-electron chi connectivity index (χ2n) is 14.8. The molecule has 0 aromatic heterocycles. The zero-order valence-electron chi connectivity index (χ0n) is 27.9. The number of piperidine rings is 1. The molecule has 3 amide bonds. The molecule has 250 valence electrons. The predicted molar refractivity (Wildman–Crippen MR) is 178 cm³/mol. The Kier molecular flexibility index (Phi) is 9.20. The number of anilines is 1. The number of amides is 3. The van der Waals surface area contributed by atoms with Gasteiger partial charge in [-0.05, 0) is 102 Å². The minimum absolute atomic E-state index is 0.152. The summed E-state index contributed by atoms with van der Waals surface area (Å²) in [4.78, 5) is 42.3. The number of rotatable bonds is 7. The van der Waals surface area contributed by atoms with Crippen LogP contribution in [0.2, 0.25) is 0 Å². The molecule has 1 aliphatic carbocycles. The number of hydrogen-bond acceptors (Lipinski definition) is 6. The van der Waals surface area contributed by atoms with Crippen LogP contribution in [0.3, 0.4) is 0 Å². The molecule has 1 spiro atoms. The largest absolute Gasteiger partial charge is 0.444 e. The quantitative estimate of drug-likeness (QED) is 0.460. The van der Waals surface area contributed by atoms with Gasteiger partial charge in [0.05, 0.1) is 11.9 Å². The van der Waals surface area contributed by atoms with E-state index in [9.17, 15) is 22.8 Å². The van der Waals surface area contributed by atoms with Crippen LogP contribution < -0.4 is 14.9 Å². The monoisotopic (exact) mass is 652 g/mol. The maximum absolute atomic E-state index is 14.3. The fourth-order valence-electron chi connectivity index (χ4n) is 7.17. The SMILES string of the molecule is CC(C)(C)OC(=O)NC(C)(C)C(=O)NC(CC1CCc2ccccc2C1)C(=O)N1CCC2(CC1)CN(S(C)(=O)=O)c1ccccc12. The van der Waals surface area contributed by atoms with Crippen molar-refractivity contribution in [2.24, 2.45) is 5.92 Å². The van der Waals surface area contributed by atoms with Crippen LogP contribution in [0.1, 0.15) is 77.0 Å². The number of alkyl carbamates (subject to hydrolysis) is 1. The maximum Gasteiger partial charge on any atom is 0.408 e. The Bertz CT molecular complexity index is 1590. The van der Waals surface area contributed by atoms with Gasteiger partial charge in [0, 0.05) is 25.0 Å². The van der Waals surface area contributed by atoms with Crippen LogP contribution >= 0.6 is 0 Å². The number of likely N-dealkylation sites (tertiary alicyclic amines) is 1. The van der Waals surface area contributed by atoms with Gasteiger partial charge in [0.1, 0.15) is 17.2 Å². The fourth-order valence-corrected chi connectivity index (χ4v) is 8.17. The highest BCUT2D eigenvalue weighted by Crippen LogP contribution is 2.48.